The van der Waals surface area contributed by atoms with E-state index in [1.807, 2.05) is 12.1 Å². The van der Waals surface area contributed by atoms with E-state index in [-0.39, 0.29) is 23.2 Å². The van der Waals surface area contributed by atoms with Gasteiger partial charge in [0.05, 0.1) is 0 Å². The Hall–Kier alpha value is -1.77. The Morgan fingerprint density at radius 1 is 1.33 bits per heavy atom. The van der Waals surface area contributed by atoms with Crippen LogP contribution in [0, 0.1) is 5.92 Å². The number of allylic oxidation sites excluding steroid dienone is 2. The van der Waals surface area contributed by atoms with E-state index in [0.717, 1.165) is 41.7 Å². The second-order valence-electron chi connectivity index (χ2n) is 7.77. The summed E-state index contributed by atoms with van der Waals surface area (Å²) in [4.78, 5) is 11.8. The molecule has 0 bridgehead atoms. The van der Waals surface area contributed by atoms with E-state index >= 15 is 0 Å². The highest BCUT2D eigenvalue weighted by atomic mass is 16.5. The molecule has 0 saturated carbocycles. The van der Waals surface area contributed by atoms with E-state index in [9.17, 15) is 9.90 Å². The second kappa shape index (κ2) is 6.27. The van der Waals surface area contributed by atoms with Gasteiger partial charge >= 0.3 is 0 Å². The van der Waals surface area contributed by atoms with Gasteiger partial charge in [-0.3, -0.25) is 4.79 Å². The van der Waals surface area contributed by atoms with Crippen molar-refractivity contribution in [1.29, 1.82) is 0 Å². The van der Waals surface area contributed by atoms with E-state index in [4.69, 9.17) is 4.74 Å². The summed E-state index contributed by atoms with van der Waals surface area (Å²) in [6, 6.07) is 3.97. The Bertz CT molecular complexity index is 685. The van der Waals surface area contributed by atoms with Crippen molar-refractivity contribution in [3.05, 3.63) is 34.9 Å². The summed E-state index contributed by atoms with van der Waals surface area (Å²) < 4.78 is 6.28. The van der Waals surface area contributed by atoms with Gasteiger partial charge in [-0.15, -0.1) is 0 Å². The molecule has 0 aromatic heterocycles. The minimum absolute atomic E-state index is 0.0624. The molecule has 1 aromatic rings. The predicted molar refractivity (Wildman–Crippen MR) is 95.7 cm³/mol. The number of phenolic OH excluding ortho intramolecular Hbond substituents is 1. The van der Waals surface area contributed by atoms with Crippen molar-refractivity contribution in [2.45, 2.75) is 71.3 Å². The Kier molecular flexibility index (Phi) is 4.46. The number of Topliss-reactive ketones (excluding diaryl/α,β-unsaturated/α-hetero) is 1. The van der Waals surface area contributed by atoms with Gasteiger partial charge in [-0.25, -0.2) is 0 Å². The maximum atomic E-state index is 11.8. The number of unbranched alkanes of at least 4 members (excludes halogenated alkanes) is 2. The van der Waals surface area contributed by atoms with Crippen LogP contribution in [0.1, 0.15) is 70.4 Å². The molecule has 2 aliphatic rings. The first-order chi connectivity index (χ1) is 11.3. The fourth-order valence-corrected chi connectivity index (χ4v) is 4.16. The SMILES string of the molecule is CCCCCc1cc(O)c2c(c1)OC(C)(C)C1CC(C(C)=O)=CC21. The largest absolute Gasteiger partial charge is 0.507 e. The molecule has 3 heteroatoms. The number of ketones is 1. The predicted octanol–water partition coefficient (Wildman–Crippen LogP) is 4.91. The van der Waals surface area contributed by atoms with Gasteiger partial charge in [-0.1, -0.05) is 25.8 Å². The average molecular weight is 328 g/mol. The number of rotatable bonds is 5. The van der Waals surface area contributed by atoms with Crippen molar-refractivity contribution >= 4 is 5.78 Å². The number of phenols is 1. The molecule has 130 valence electrons. The van der Waals surface area contributed by atoms with Crippen LogP contribution in [-0.2, 0) is 11.2 Å². The molecule has 2 atom stereocenters. The molecule has 0 radical (unpaired) electrons. The minimum atomic E-state index is -0.347. The number of carbonyl (C=O) groups is 1. The van der Waals surface area contributed by atoms with Gasteiger partial charge in [0, 0.05) is 17.4 Å². The summed E-state index contributed by atoms with van der Waals surface area (Å²) in [5, 5.41) is 10.6. The lowest BCUT2D eigenvalue weighted by Gasteiger charge is -2.42. The molecule has 1 heterocycles. The normalized spacial score (nSPS) is 23.9. The topological polar surface area (TPSA) is 46.5 Å². The Labute approximate surface area is 144 Å². The van der Waals surface area contributed by atoms with Crippen LogP contribution in [0.5, 0.6) is 11.5 Å². The van der Waals surface area contributed by atoms with E-state index in [1.165, 1.54) is 12.8 Å². The van der Waals surface area contributed by atoms with Crippen LogP contribution in [0.3, 0.4) is 0 Å². The fourth-order valence-electron chi connectivity index (χ4n) is 4.16. The highest BCUT2D eigenvalue weighted by Gasteiger charge is 2.47. The summed E-state index contributed by atoms with van der Waals surface area (Å²) in [7, 11) is 0. The number of benzene rings is 1. The van der Waals surface area contributed by atoms with E-state index < -0.39 is 0 Å². The first kappa shape index (κ1) is 17.1. The highest BCUT2D eigenvalue weighted by Crippen LogP contribution is 2.54. The molecular formula is C21H28O3. The van der Waals surface area contributed by atoms with Gasteiger partial charge in [-0.2, -0.15) is 0 Å². The molecule has 1 aliphatic heterocycles. The van der Waals surface area contributed by atoms with Crippen LogP contribution in [0.25, 0.3) is 0 Å². The summed E-state index contributed by atoms with van der Waals surface area (Å²) >= 11 is 0. The van der Waals surface area contributed by atoms with E-state index in [0.29, 0.717) is 5.75 Å². The number of carbonyl (C=O) groups excluding carboxylic acids is 1. The molecule has 3 nitrogen and oxygen atoms in total. The van der Waals surface area contributed by atoms with Crippen molar-refractivity contribution in [2.75, 3.05) is 0 Å². The van der Waals surface area contributed by atoms with Gasteiger partial charge < -0.3 is 9.84 Å². The third kappa shape index (κ3) is 2.97. The zero-order valence-corrected chi connectivity index (χ0v) is 15.2. The molecule has 2 unspecified atom stereocenters. The summed E-state index contributed by atoms with van der Waals surface area (Å²) in [5.74, 6) is 1.48. The Balaban J connectivity index is 1.99. The number of aromatic hydroxyl groups is 1. The molecule has 1 aromatic carbocycles. The highest BCUT2D eigenvalue weighted by molar-refractivity contribution is 5.94. The zero-order chi connectivity index (χ0) is 17.5. The molecule has 0 fully saturated rings. The smallest absolute Gasteiger partial charge is 0.155 e. The lowest BCUT2D eigenvalue weighted by Crippen LogP contribution is -2.42. The first-order valence-corrected chi connectivity index (χ1v) is 9.10. The molecule has 24 heavy (non-hydrogen) atoms. The van der Waals surface area contributed by atoms with Crippen molar-refractivity contribution in [2.24, 2.45) is 5.92 Å². The second-order valence-corrected chi connectivity index (χ2v) is 7.77. The standard InChI is InChI=1S/C21H28O3/c1-5-6-7-8-14-9-18(23)20-16-11-15(13(2)22)12-17(16)21(3,4)24-19(20)10-14/h9-11,16-17,23H,5-8,12H2,1-4H3. The molecule has 0 spiro atoms. The number of hydrogen-bond donors (Lipinski definition) is 1. The maximum absolute atomic E-state index is 11.8. The van der Waals surface area contributed by atoms with Crippen molar-refractivity contribution in [3.8, 4) is 11.5 Å². The van der Waals surface area contributed by atoms with Crippen LogP contribution in [0.2, 0.25) is 0 Å². The zero-order valence-electron chi connectivity index (χ0n) is 15.2. The van der Waals surface area contributed by atoms with Gasteiger partial charge in [0.25, 0.3) is 0 Å². The van der Waals surface area contributed by atoms with Crippen molar-refractivity contribution in [3.63, 3.8) is 0 Å². The van der Waals surface area contributed by atoms with Gasteiger partial charge in [0.2, 0.25) is 0 Å². The number of fused-ring (bicyclic) bond motifs is 3. The van der Waals surface area contributed by atoms with Crippen LogP contribution >= 0.6 is 0 Å². The Morgan fingerprint density at radius 3 is 2.75 bits per heavy atom. The maximum Gasteiger partial charge on any atom is 0.155 e. The van der Waals surface area contributed by atoms with Crippen LogP contribution in [0.4, 0.5) is 0 Å². The summed E-state index contributed by atoms with van der Waals surface area (Å²) in [6.45, 7) is 7.99. The third-order valence-electron chi connectivity index (χ3n) is 5.55. The van der Waals surface area contributed by atoms with E-state index in [2.05, 4.69) is 26.8 Å². The van der Waals surface area contributed by atoms with Gasteiger partial charge in [-0.05, 0) is 63.3 Å². The first-order valence-electron chi connectivity index (χ1n) is 9.10. The van der Waals surface area contributed by atoms with Crippen molar-refractivity contribution in [1.82, 2.24) is 0 Å². The number of hydrogen-bond acceptors (Lipinski definition) is 3. The molecule has 1 aliphatic carbocycles. The fraction of sp³-hybridized carbons (Fsp3) is 0.571. The van der Waals surface area contributed by atoms with Crippen molar-refractivity contribution < 1.29 is 14.6 Å². The van der Waals surface area contributed by atoms with Crippen LogP contribution in [-0.4, -0.2) is 16.5 Å². The lowest BCUT2D eigenvalue weighted by atomic mass is 9.75. The summed E-state index contributed by atoms with van der Waals surface area (Å²) in [6.07, 6.45) is 7.23. The molecule has 1 N–H and O–H groups in total. The Morgan fingerprint density at radius 2 is 2.08 bits per heavy atom. The van der Waals surface area contributed by atoms with E-state index in [1.54, 1.807) is 6.92 Å². The average Bonchev–Trinajstić information content (AvgIpc) is 2.93. The monoisotopic (exact) mass is 328 g/mol. The van der Waals surface area contributed by atoms with Crippen LogP contribution in [0.15, 0.2) is 23.8 Å². The summed E-state index contributed by atoms with van der Waals surface area (Å²) in [5.41, 5.74) is 2.50. The van der Waals surface area contributed by atoms with Gasteiger partial charge in [0.1, 0.15) is 17.1 Å². The molecule has 3 rings (SSSR count). The van der Waals surface area contributed by atoms with Crippen LogP contribution < -0.4 is 4.74 Å². The molecule has 0 saturated heterocycles. The molecular weight excluding hydrogens is 300 g/mol. The quantitative estimate of drug-likeness (QED) is 0.781. The number of aryl methyl sites for hydroxylation is 1. The number of ether oxygens (including phenoxy) is 1. The van der Waals surface area contributed by atoms with Gasteiger partial charge in [0.15, 0.2) is 5.78 Å². The molecule has 0 amide bonds. The minimum Gasteiger partial charge on any atom is -0.507 e. The lowest BCUT2D eigenvalue weighted by molar-refractivity contribution is -0.113. The third-order valence-corrected chi connectivity index (χ3v) is 5.55.